The molecule has 1 aliphatic heterocycles. The molecule has 1 amide bonds. The highest BCUT2D eigenvalue weighted by molar-refractivity contribution is 5.98. The second kappa shape index (κ2) is 6.85. The standard InChI is InChI=1S/C15H24N4O3/c1-10(19-4-6-22-7-5-19)15(20)18(2)13-8-11(16)12(17)9-14(13)21-3/h8-10H,4-7,16-17H2,1-3H3/t10-/m0/s1. The van der Waals surface area contributed by atoms with Crippen LogP contribution in [0.2, 0.25) is 0 Å². The normalized spacial score (nSPS) is 17.0. The summed E-state index contributed by atoms with van der Waals surface area (Å²) < 4.78 is 10.6. The number of morpholine rings is 1. The van der Waals surface area contributed by atoms with Crippen molar-refractivity contribution in [2.75, 3.05) is 56.8 Å². The summed E-state index contributed by atoms with van der Waals surface area (Å²) in [6.45, 7) is 4.71. The van der Waals surface area contributed by atoms with Gasteiger partial charge in [-0.25, -0.2) is 0 Å². The van der Waals surface area contributed by atoms with Crippen LogP contribution >= 0.6 is 0 Å². The van der Waals surface area contributed by atoms with Gasteiger partial charge in [0.25, 0.3) is 0 Å². The molecule has 2 rings (SSSR count). The summed E-state index contributed by atoms with van der Waals surface area (Å²) in [6, 6.07) is 3.06. The third-order valence-corrected chi connectivity index (χ3v) is 4.03. The number of carbonyl (C=O) groups excluding carboxylic acids is 1. The van der Waals surface area contributed by atoms with E-state index >= 15 is 0 Å². The van der Waals surface area contributed by atoms with Crippen molar-refractivity contribution >= 4 is 23.0 Å². The van der Waals surface area contributed by atoms with E-state index in [2.05, 4.69) is 4.90 Å². The number of nitrogens with two attached hydrogens (primary N) is 2. The number of carbonyl (C=O) groups is 1. The molecule has 1 saturated heterocycles. The number of hydrogen-bond acceptors (Lipinski definition) is 6. The Hall–Kier alpha value is -1.99. The summed E-state index contributed by atoms with van der Waals surface area (Å²) in [6.07, 6.45) is 0. The van der Waals surface area contributed by atoms with Gasteiger partial charge in [-0.3, -0.25) is 9.69 Å². The molecule has 1 heterocycles. The second-order valence-electron chi connectivity index (χ2n) is 5.37. The van der Waals surface area contributed by atoms with Crippen molar-refractivity contribution in [3.63, 3.8) is 0 Å². The number of methoxy groups -OCH3 is 1. The van der Waals surface area contributed by atoms with Crippen LogP contribution in [0.5, 0.6) is 5.75 Å². The number of nitrogen functional groups attached to an aromatic ring is 2. The van der Waals surface area contributed by atoms with E-state index in [4.69, 9.17) is 20.9 Å². The predicted molar refractivity (Wildman–Crippen MR) is 87.1 cm³/mol. The van der Waals surface area contributed by atoms with E-state index in [0.29, 0.717) is 36.0 Å². The minimum absolute atomic E-state index is 0.0237. The van der Waals surface area contributed by atoms with Crippen molar-refractivity contribution in [2.24, 2.45) is 0 Å². The van der Waals surface area contributed by atoms with E-state index in [9.17, 15) is 4.79 Å². The van der Waals surface area contributed by atoms with Crippen molar-refractivity contribution in [1.29, 1.82) is 0 Å². The first-order chi connectivity index (χ1) is 10.5. The van der Waals surface area contributed by atoms with Crippen LogP contribution in [0.25, 0.3) is 0 Å². The van der Waals surface area contributed by atoms with Crippen molar-refractivity contribution in [3.8, 4) is 5.75 Å². The molecule has 1 aromatic carbocycles. The molecule has 0 saturated carbocycles. The highest BCUT2D eigenvalue weighted by Crippen LogP contribution is 2.34. The molecular formula is C15H24N4O3. The monoisotopic (exact) mass is 308 g/mol. The molecule has 7 heteroatoms. The Morgan fingerprint density at radius 3 is 2.50 bits per heavy atom. The molecule has 0 radical (unpaired) electrons. The number of nitrogens with zero attached hydrogens (tertiary/aromatic N) is 2. The van der Waals surface area contributed by atoms with Crippen LogP contribution in [0.15, 0.2) is 12.1 Å². The first-order valence-corrected chi connectivity index (χ1v) is 7.28. The Kier molecular flexibility index (Phi) is 5.10. The minimum Gasteiger partial charge on any atom is -0.494 e. The molecule has 122 valence electrons. The zero-order valence-corrected chi connectivity index (χ0v) is 13.3. The van der Waals surface area contributed by atoms with E-state index in [1.165, 1.54) is 7.11 Å². The van der Waals surface area contributed by atoms with Gasteiger partial charge < -0.3 is 25.8 Å². The number of benzene rings is 1. The summed E-state index contributed by atoms with van der Waals surface area (Å²) in [4.78, 5) is 16.4. The van der Waals surface area contributed by atoms with E-state index in [1.54, 1.807) is 24.1 Å². The Labute approximate surface area is 130 Å². The molecule has 7 nitrogen and oxygen atoms in total. The van der Waals surface area contributed by atoms with E-state index in [-0.39, 0.29) is 11.9 Å². The topological polar surface area (TPSA) is 94.0 Å². The summed E-state index contributed by atoms with van der Waals surface area (Å²) in [5.74, 6) is 0.501. The number of ether oxygens (including phenoxy) is 2. The number of likely N-dealkylation sites (N-methyl/N-ethyl adjacent to an activating group) is 1. The fourth-order valence-electron chi connectivity index (χ4n) is 2.55. The molecule has 1 fully saturated rings. The lowest BCUT2D eigenvalue weighted by Crippen LogP contribution is -2.50. The number of rotatable bonds is 4. The number of anilines is 3. The van der Waals surface area contributed by atoms with Gasteiger partial charge in [0.1, 0.15) is 5.75 Å². The van der Waals surface area contributed by atoms with Crippen LogP contribution in [0.3, 0.4) is 0 Å². The van der Waals surface area contributed by atoms with E-state index in [0.717, 1.165) is 13.1 Å². The maximum atomic E-state index is 12.7. The summed E-state index contributed by atoms with van der Waals surface area (Å²) >= 11 is 0. The lowest BCUT2D eigenvalue weighted by molar-refractivity contribution is -0.124. The quantitative estimate of drug-likeness (QED) is 0.789. The van der Waals surface area contributed by atoms with E-state index < -0.39 is 0 Å². The Morgan fingerprint density at radius 1 is 1.32 bits per heavy atom. The molecule has 0 aliphatic carbocycles. The summed E-state index contributed by atoms with van der Waals surface area (Å²) in [7, 11) is 3.25. The second-order valence-corrected chi connectivity index (χ2v) is 5.37. The molecule has 0 bridgehead atoms. The smallest absolute Gasteiger partial charge is 0.243 e. The van der Waals surface area contributed by atoms with Crippen LogP contribution < -0.4 is 21.1 Å². The average molecular weight is 308 g/mol. The highest BCUT2D eigenvalue weighted by Gasteiger charge is 2.27. The fourth-order valence-corrected chi connectivity index (χ4v) is 2.55. The van der Waals surface area contributed by atoms with Gasteiger partial charge in [-0.1, -0.05) is 0 Å². The van der Waals surface area contributed by atoms with Crippen molar-refractivity contribution in [2.45, 2.75) is 13.0 Å². The molecule has 0 spiro atoms. The lowest BCUT2D eigenvalue weighted by atomic mass is 10.1. The van der Waals surface area contributed by atoms with Gasteiger partial charge in [-0.15, -0.1) is 0 Å². The Balaban J connectivity index is 2.21. The maximum Gasteiger partial charge on any atom is 0.243 e. The van der Waals surface area contributed by atoms with Gasteiger partial charge in [0.15, 0.2) is 0 Å². The molecule has 22 heavy (non-hydrogen) atoms. The third-order valence-electron chi connectivity index (χ3n) is 4.03. The molecule has 1 aromatic rings. The predicted octanol–water partition coefficient (Wildman–Crippen LogP) is 0.543. The number of amides is 1. The first-order valence-electron chi connectivity index (χ1n) is 7.28. The summed E-state index contributed by atoms with van der Waals surface area (Å²) in [5, 5.41) is 0. The molecule has 0 unspecified atom stereocenters. The van der Waals surface area contributed by atoms with Crippen molar-refractivity contribution < 1.29 is 14.3 Å². The lowest BCUT2D eigenvalue weighted by Gasteiger charge is -2.34. The van der Waals surface area contributed by atoms with Crippen LogP contribution in [-0.2, 0) is 9.53 Å². The largest absolute Gasteiger partial charge is 0.494 e. The molecule has 0 aromatic heterocycles. The van der Waals surface area contributed by atoms with Crippen molar-refractivity contribution in [1.82, 2.24) is 4.90 Å². The maximum absolute atomic E-state index is 12.7. The average Bonchev–Trinajstić information content (AvgIpc) is 2.55. The summed E-state index contributed by atoms with van der Waals surface area (Å²) in [5.41, 5.74) is 13.1. The first kappa shape index (κ1) is 16.4. The van der Waals surface area contributed by atoms with Crippen LogP contribution in [0.1, 0.15) is 6.92 Å². The Morgan fingerprint density at radius 2 is 1.91 bits per heavy atom. The van der Waals surface area contributed by atoms with Gasteiger partial charge in [0.2, 0.25) is 5.91 Å². The third kappa shape index (κ3) is 3.26. The van der Waals surface area contributed by atoms with Gasteiger partial charge in [-0.2, -0.15) is 0 Å². The van der Waals surface area contributed by atoms with Gasteiger partial charge in [-0.05, 0) is 13.0 Å². The van der Waals surface area contributed by atoms with E-state index in [1.807, 2.05) is 6.92 Å². The molecular weight excluding hydrogens is 284 g/mol. The molecule has 1 atom stereocenters. The minimum atomic E-state index is -0.239. The van der Waals surface area contributed by atoms with Crippen LogP contribution in [-0.4, -0.2) is 57.3 Å². The molecule has 4 N–H and O–H groups in total. The highest BCUT2D eigenvalue weighted by atomic mass is 16.5. The van der Waals surface area contributed by atoms with Gasteiger partial charge >= 0.3 is 0 Å². The van der Waals surface area contributed by atoms with Crippen LogP contribution in [0, 0.1) is 0 Å². The Bertz CT molecular complexity index is 544. The number of hydrogen-bond donors (Lipinski definition) is 2. The van der Waals surface area contributed by atoms with Crippen molar-refractivity contribution in [3.05, 3.63) is 12.1 Å². The zero-order valence-electron chi connectivity index (χ0n) is 13.3. The molecule has 1 aliphatic rings. The fraction of sp³-hybridized carbons (Fsp3) is 0.533. The van der Waals surface area contributed by atoms with Gasteiger partial charge in [0, 0.05) is 26.2 Å². The van der Waals surface area contributed by atoms with Gasteiger partial charge in [0.05, 0.1) is 43.4 Å². The zero-order chi connectivity index (χ0) is 16.3. The van der Waals surface area contributed by atoms with Crippen LogP contribution in [0.4, 0.5) is 17.1 Å². The SMILES string of the molecule is COc1cc(N)c(N)cc1N(C)C(=O)[C@H](C)N1CCOCC1.